The van der Waals surface area contributed by atoms with Crippen LogP contribution in [0.3, 0.4) is 0 Å². The summed E-state index contributed by atoms with van der Waals surface area (Å²) < 4.78 is 5.19. The molecule has 1 amide bonds. The third-order valence-corrected chi connectivity index (χ3v) is 4.04. The molecule has 5 heteroatoms. The molecule has 0 bridgehead atoms. The van der Waals surface area contributed by atoms with Crippen LogP contribution in [0, 0.1) is 5.92 Å². The fourth-order valence-corrected chi connectivity index (χ4v) is 2.32. The fraction of sp³-hybridized carbons (Fsp3) is 0.692. The van der Waals surface area contributed by atoms with Gasteiger partial charge in [-0.3, -0.25) is 4.79 Å². The molecule has 3 rings (SSSR count). The van der Waals surface area contributed by atoms with Crippen LogP contribution in [-0.4, -0.2) is 23.1 Å². The molecule has 2 saturated carbocycles. The third kappa shape index (κ3) is 2.14. The van der Waals surface area contributed by atoms with E-state index in [1.165, 1.54) is 0 Å². The lowest BCUT2D eigenvalue weighted by atomic mass is 9.96. The predicted octanol–water partition coefficient (Wildman–Crippen LogP) is 1.41. The first-order valence-corrected chi connectivity index (χ1v) is 6.61. The molecule has 1 unspecified atom stereocenters. The summed E-state index contributed by atoms with van der Waals surface area (Å²) in [5, 5.41) is 6.86. The second kappa shape index (κ2) is 4.09. The number of hydrogen-bond acceptors (Lipinski definition) is 4. The Kier molecular flexibility index (Phi) is 2.66. The van der Waals surface area contributed by atoms with Crippen LogP contribution in [0.15, 0.2) is 10.6 Å². The fourth-order valence-electron chi connectivity index (χ4n) is 2.32. The maximum absolute atomic E-state index is 12.1. The maximum atomic E-state index is 12.1. The largest absolute Gasteiger partial charge is 0.360 e. The minimum atomic E-state index is -0.310. The monoisotopic (exact) mass is 249 g/mol. The number of hydrogen-bond donors (Lipinski definition) is 2. The first-order chi connectivity index (χ1) is 8.62. The van der Waals surface area contributed by atoms with Crippen LogP contribution in [0.2, 0.25) is 0 Å². The van der Waals surface area contributed by atoms with Crippen molar-refractivity contribution >= 4 is 5.91 Å². The van der Waals surface area contributed by atoms with E-state index in [1.807, 2.05) is 6.92 Å². The summed E-state index contributed by atoms with van der Waals surface area (Å²) in [7, 11) is 0. The van der Waals surface area contributed by atoms with Gasteiger partial charge in [0.1, 0.15) is 5.76 Å². The molecule has 18 heavy (non-hydrogen) atoms. The summed E-state index contributed by atoms with van der Waals surface area (Å²) >= 11 is 0. The van der Waals surface area contributed by atoms with Gasteiger partial charge in [0.15, 0.2) is 5.69 Å². The Bertz CT molecular complexity index is 463. The molecule has 1 atom stereocenters. The highest BCUT2D eigenvalue weighted by Gasteiger charge is 2.42. The molecular formula is C13H19N3O2. The zero-order valence-electron chi connectivity index (χ0n) is 10.6. The summed E-state index contributed by atoms with van der Waals surface area (Å²) in [6.45, 7) is 2.46. The molecule has 1 aromatic heterocycles. The van der Waals surface area contributed by atoms with Gasteiger partial charge in [-0.15, -0.1) is 0 Å². The molecule has 0 aromatic carbocycles. The van der Waals surface area contributed by atoms with Crippen LogP contribution in [0.25, 0.3) is 0 Å². The molecule has 1 heterocycles. The van der Waals surface area contributed by atoms with E-state index in [1.54, 1.807) is 6.07 Å². The molecule has 2 aliphatic rings. The lowest BCUT2D eigenvalue weighted by Crippen LogP contribution is -2.53. The normalized spacial score (nSPS) is 22.6. The van der Waals surface area contributed by atoms with Crippen LogP contribution >= 0.6 is 0 Å². The molecule has 5 nitrogen and oxygen atoms in total. The van der Waals surface area contributed by atoms with Crippen molar-refractivity contribution in [2.24, 2.45) is 11.7 Å². The van der Waals surface area contributed by atoms with E-state index < -0.39 is 0 Å². The Morgan fingerprint density at radius 3 is 2.83 bits per heavy atom. The number of carbonyl (C=O) groups excluding carboxylic acids is 1. The van der Waals surface area contributed by atoms with Crippen molar-refractivity contribution in [1.82, 2.24) is 10.5 Å². The summed E-state index contributed by atoms with van der Waals surface area (Å²) in [5.41, 5.74) is 5.84. The quantitative estimate of drug-likeness (QED) is 0.826. The topological polar surface area (TPSA) is 81.1 Å². The number of aromatic nitrogens is 1. The summed E-state index contributed by atoms with van der Waals surface area (Å²) in [5.74, 6) is 1.64. The highest BCUT2D eigenvalue weighted by atomic mass is 16.5. The zero-order valence-corrected chi connectivity index (χ0v) is 10.6. The number of amides is 1. The molecule has 0 aliphatic heterocycles. The van der Waals surface area contributed by atoms with E-state index in [0.29, 0.717) is 24.1 Å². The van der Waals surface area contributed by atoms with Crippen LogP contribution in [0.5, 0.6) is 0 Å². The first kappa shape index (κ1) is 11.7. The van der Waals surface area contributed by atoms with Gasteiger partial charge in [0.25, 0.3) is 5.91 Å². The minimum Gasteiger partial charge on any atom is -0.360 e. The van der Waals surface area contributed by atoms with E-state index in [0.717, 1.165) is 31.4 Å². The molecule has 3 N–H and O–H groups in total. The van der Waals surface area contributed by atoms with Crippen molar-refractivity contribution in [3.8, 4) is 0 Å². The van der Waals surface area contributed by atoms with E-state index in [2.05, 4.69) is 10.5 Å². The van der Waals surface area contributed by atoms with Crippen molar-refractivity contribution in [2.45, 2.75) is 44.1 Å². The van der Waals surface area contributed by atoms with E-state index >= 15 is 0 Å². The molecule has 2 aliphatic carbocycles. The van der Waals surface area contributed by atoms with Gasteiger partial charge in [-0.05, 0) is 38.5 Å². The Balaban J connectivity index is 1.69. The third-order valence-electron chi connectivity index (χ3n) is 4.04. The second-order valence-corrected chi connectivity index (χ2v) is 5.74. The molecule has 98 valence electrons. The van der Waals surface area contributed by atoms with Crippen molar-refractivity contribution in [2.75, 3.05) is 6.54 Å². The summed E-state index contributed by atoms with van der Waals surface area (Å²) in [6.07, 6.45) is 4.55. The number of rotatable bonds is 5. The molecule has 0 radical (unpaired) electrons. The second-order valence-electron chi connectivity index (χ2n) is 5.74. The maximum Gasteiger partial charge on any atom is 0.273 e. The van der Waals surface area contributed by atoms with Crippen LogP contribution in [-0.2, 0) is 0 Å². The Morgan fingerprint density at radius 2 is 2.28 bits per heavy atom. The van der Waals surface area contributed by atoms with Gasteiger partial charge in [-0.25, -0.2) is 0 Å². The highest BCUT2D eigenvalue weighted by molar-refractivity contribution is 5.92. The average Bonchev–Trinajstić information content (AvgIpc) is 3.26. The number of nitrogens with two attached hydrogens (primary N) is 1. The zero-order chi connectivity index (χ0) is 12.8. The number of nitrogens with zero attached hydrogens (tertiary/aromatic N) is 1. The van der Waals surface area contributed by atoms with Crippen molar-refractivity contribution < 1.29 is 9.32 Å². The van der Waals surface area contributed by atoms with Crippen LogP contribution in [0.4, 0.5) is 0 Å². The highest BCUT2D eigenvalue weighted by Crippen LogP contribution is 2.41. The Morgan fingerprint density at radius 1 is 1.56 bits per heavy atom. The SMILES string of the molecule is CC(CN)(NC(=O)c1cc(C2CC2)on1)C1CC1. The van der Waals surface area contributed by atoms with Gasteiger partial charge in [-0.2, -0.15) is 0 Å². The van der Waals surface area contributed by atoms with Gasteiger partial charge in [0.05, 0.1) is 5.54 Å². The van der Waals surface area contributed by atoms with Crippen LogP contribution in [0.1, 0.15) is 54.8 Å². The van der Waals surface area contributed by atoms with E-state index in [-0.39, 0.29) is 11.4 Å². The van der Waals surface area contributed by atoms with Crippen molar-refractivity contribution in [3.05, 3.63) is 17.5 Å². The van der Waals surface area contributed by atoms with Gasteiger partial charge in [-0.1, -0.05) is 5.16 Å². The average molecular weight is 249 g/mol. The number of carbonyl (C=O) groups is 1. The molecule has 0 spiro atoms. The molecule has 0 saturated heterocycles. The molecule has 2 fully saturated rings. The molecule has 1 aromatic rings. The van der Waals surface area contributed by atoms with Crippen molar-refractivity contribution in [1.29, 1.82) is 0 Å². The lowest BCUT2D eigenvalue weighted by molar-refractivity contribution is 0.0888. The predicted molar refractivity (Wildman–Crippen MR) is 66.1 cm³/mol. The smallest absolute Gasteiger partial charge is 0.273 e. The number of nitrogens with one attached hydrogen (secondary N) is 1. The lowest BCUT2D eigenvalue weighted by Gasteiger charge is -2.28. The Hall–Kier alpha value is -1.36. The van der Waals surface area contributed by atoms with Crippen LogP contribution < -0.4 is 11.1 Å². The van der Waals surface area contributed by atoms with Gasteiger partial charge >= 0.3 is 0 Å². The standard InChI is InChI=1S/C13H19N3O2/c1-13(7-14,9-4-5-9)15-12(17)10-6-11(18-16-10)8-2-3-8/h6,8-9H,2-5,7,14H2,1H3,(H,15,17). The summed E-state index contributed by atoms with van der Waals surface area (Å²) in [4.78, 5) is 12.1. The van der Waals surface area contributed by atoms with Gasteiger partial charge in [0, 0.05) is 18.5 Å². The Labute approximate surface area is 106 Å². The van der Waals surface area contributed by atoms with Gasteiger partial charge in [0.2, 0.25) is 0 Å². The van der Waals surface area contributed by atoms with Crippen molar-refractivity contribution in [3.63, 3.8) is 0 Å². The molecular weight excluding hydrogens is 230 g/mol. The van der Waals surface area contributed by atoms with E-state index in [4.69, 9.17) is 10.3 Å². The minimum absolute atomic E-state index is 0.175. The first-order valence-electron chi connectivity index (χ1n) is 6.61. The van der Waals surface area contributed by atoms with Gasteiger partial charge < -0.3 is 15.6 Å². The van der Waals surface area contributed by atoms with E-state index in [9.17, 15) is 4.79 Å². The summed E-state index contributed by atoms with van der Waals surface area (Å²) in [6, 6.07) is 1.76.